The normalized spacial score (nSPS) is 16.4. The van der Waals surface area contributed by atoms with Crippen LogP contribution in [-0.4, -0.2) is 18.2 Å². The van der Waals surface area contributed by atoms with Crippen LogP contribution in [0.2, 0.25) is 0 Å². The number of hydrogen-bond donors (Lipinski definition) is 1. The number of hydrogen-bond acceptors (Lipinski definition) is 4. The molecular formula is C16H18N2O2. The summed E-state index contributed by atoms with van der Waals surface area (Å²) in [6.45, 7) is 3.39. The molecule has 1 N–H and O–H groups in total. The maximum atomic E-state index is 5.72. The van der Waals surface area contributed by atoms with Crippen molar-refractivity contribution in [3.8, 4) is 11.5 Å². The van der Waals surface area contributed by atoms with E-state index in [0.717, 1.165) is 23.7 Å². The molecule has 1 aliphatic rings. The molecule has 0 radical (unpaired) electrons. The van der Waals surface area contributed by atoms with Gasteiger partial charge >= 0.3 is 0 Å². The summed E-state index contributed by atoms with van der Waals surface area (Å²) in [4.78, 5) is 4.38. The number of rotatable bonds is 5. The standard InChI is InChI=1S/C16H18N2O2/c1-2-10-19-15-8-5-9-17-16(15)18-13-11-20-14-7-4-3-6-12(13)14/h3-9,13H,2,10-11H2,1H3,(H,17,18). The Morgan fingerprint density at radius 3 is 3.10 bits per heavy atom. The van der Waals surface area contributed by atoms with Crippen LogP contribution >= 0.6 is 0 Å². The van der Waals surface area contributed by atoms with Gasteiger partial charge < -0.3 is 14.8 Å². The third kappa shape index (κ3) is 2.54. The molecule has 104 valence electrons. The Labute approximate surface area is 118 Å². The van der Waals surface area contributed by atoms with Crippen molar-refractivity contribution in [3.63, 3.8) is 0 Å². The molecule has 1 atom stereocenters. The van der Waals surface area contributed by atoms with E-state index in [0.29, 0.717) is 13.2 Å². The fourth-order valence-corrected chi connectivity index (χ4v) is 2.27. The van der Waals surface area contributed by atoms with E-state index >= 15 is 0 Å². The van der Waals surface area contributed by atoms with Gasteiger partial charge in [0.1, 0.15) is 12.4 Å². The van der Waals surface area contributed by atoms with Gasteiger partial charge in [-0.3, -0.25) is 0 Å². The van der Waals surface area contributed by atoms with E-state index in [9.17, 15) is 0 Å². The molecule has 1 aromatic carbocycles. The van der Waals surface area contributed by atoms with Gasteiger partial charge in [-0.1, -0.05) is 25.1 Å². The molecule has 2 heterocycles. The average Bonchev–Trinajstić information content (AvgIpc) is 2.90. The molecule has 0 aliphatic carbocycles. The Morgan fingerprint density at radius 2 is 2.20 bits per heavy atom. The molecule has 0 amide bonds. The number of nitrogens with zero attached hydrogens (tertiary/aromatic N) is 1. The molecule has 0 fully saturated rings. The summed E-state index contributed by atoms with van der Waals surface area (Å²) in [5.74, 6) is 2.50. The molecule has 1 unspecified atom stereocenters. The van der Waals surface area contributed by atoms with Crippen molar-refractivity contribution in [2.45, 2.75) is 19.4 Å². The molecule has 1 aromatic heterocycles. The van der Waals surface area contributed by atoms with E-state index in [1.165, 1.54) is 5.56 Å². The lowest BCUT2D eigenvalue weighted by atomic mass is 10.1. The highest BCUT2D eigenvalue weighted by atomic mass is 16.5. The first kappa shape index (κ1) is 12.8. The topological polar surface area (TPSA) is 43.4 Å². The third-order valence-electron chi connectivity index (χ3n) is 3.24. The minimum absolute atomic E-state index is 0.116. The third-order valence-corrected chi connectivity index (χ3v) is 3.24. The van der Waals surface area contributed by atoms with Crippen LogP contribution in [-0.2, 0) is 0 Å². The van der Waals surface area contributed by atoms with Gasteiger partial charge in [0, 0.05) is 11.8 Å². The molecule has 1 aliphatic heterocycles. The van der Waals surface area contributed by atoms with E-state index < -0.39 is 0 Å². The lowest BCUT2D eigenvalue weighted by Gasteiger charge is -2.15. The van der Waals surface area contributed by atoms with Crippen LogP contribution < -0.4 is 14.8 Å². The highest BCUT2D eigenvalue weighted by Crippen LogP contribution is 2.35. The lowest BCUT2D eigenvalue weighted by Crippen LogP contribution is -2.14. The van der Waals surface area contributed by atoms with Gasteiger partial charge in [-0.2, -0.15) is 0 Å². The molecular weight excluding hydrogens is 252 g/mol. The number of nitrogens with one attached hydrogen (secondary N) is 1. The Balaban J connectivity index is 1.79. The van der Waals surface area contributed by atoms with Gasteiger partial charge in [-0.05, 0) is 24.6 Å². The first-order valence-corrected chi connectivity index (χ1v) is 6.94. The quantitative estimate of drug-likeness (QED) is 0.904. The fourth-order valence-electron chi connectivity index (χ4n) is 2.27. The first-order chi connectivity index (χ1) is 9.88. The summed E-state index contributed by atoms with van der Waals surface area (Å²) >= 11 is 0. The zero-order valence-electron chi connectivity index (χ0n) is 11.5. The van der Waals surface area contributed by atoms with Crippen LogP contribution in [0.25, 0.3) is 0 Å². The summed E-state index contributed by atoms with van der Waals surface area (Å²) in [7, 11) is 0. The predicted molar refractivity (Wildman–Crippen MR) is 78.3 cm³/mol. The Bertz CT molecular complexity index is 586. The second kappa shape index (κ2) is 5.82. The first-order valence-electron chi connectivity index (χ1n) is 6.94. The Morgan fingerprint density at radius 1 is 1.30 bits per heavy atom. The summed E-state index contributed by atoms with van der Waals surface area (Å²) in [5.41, 5.74) is 1.17. The predicted octanol–water partition coefficient (Wildman–Crippen LogP) is 3.42. The van der Waals surface area contributed by atoms with Crippen molar-refractivity contribution < 1.29 is 9.47 Å². The summed E-state index contributed by atoms with van der Waals surface area (Å²) in [6, 6.07) is 12.0. The van der Waals surface area contributed by atoms with Gasteiger partial charge in [-0.25, -0.2) is 4.98 Å². The molecule has 0 bridgehead atoms. The van der Waals surface area contributed by atoms with E-state index in [-0.39, 0.29) is 6.04 Å². The monoisotopic (exact) mass is 270 g/mol. The Kier molecular flexibility index (Phi) is 3.72. The van der Waals surface area contributed by atoms with Crippen LogP contribution in [0.15, 0.2) is 42.6 Å². The molecule has 20 heavy (non-hydrogen) atoms. The molecule has 0 saturated carbocycles. The number of anilines is 1. The number of aromatic nitrogens is 1. The van der Waals surface area contributed by atoms with Crippen molar-refractivity contribution in [1.29, 1.82) is 0 Å². The highest BCUT2D eigenvalue weighted by molar-refractivity contribution is 5.53. The minimum atomic E-state index is 0.116. The molecule has 3 rings (SSSR count). The van der Waals surface area contributed by atoms with Gasteiger partial charge in [-0.15, -0.1) is 0 Å². The maximum Gasteiger partial charge on any atom is 0.169 e. The zero-order valence-corrected chi connectivity index (χ0v) is 11.5. The van der Waals surface area contributed by atoms with Crippen molar-refractivity contribution in [2.24, 2.45) is 0 Å². The SMILES string of the molecule is CCCOc1cccnc1NC1COc2ccccc21. The van der Waals surface area contributed by atoms with Gasteiger partial charge in [0.2, 0.25) is 0 Å². The largest absolute Gasteiger partial charge is 0.491 e. The van der Waals surface area contributed by atoms with E-state index in [1.807, 2.05) is 30.3 Å². The highest BCUT2D eigenvalue weighted by Gasteiger charge is 2.24. The van der Waals surface area contributed by atoms with Crippen LogP contribution in [0.1, 0.15) is 24.9 Å². The number of pyridine rings is 1. The fraction of sp³-hybridized carbons (Fsp3) is 0.312. The number of fused-ring (bicyclic) bond motifs is 1. The van der Waals surface area contributed by atoms with Crippen LogP contribution in [0.5, 0.6) is 11.5 Å². The molecule has 2 aromatic rings. The molecule has 4 nitrogen and oxygen atoms in total. The van der Waals surface area contributed by atoms with Gasteiger partial charge in [0.25, 0.3) is 0 Å². The van der Waals surface area contributed by atoms with E-state index in [2.05, 4.69) is 23.3 Å². The van der Waals surface area contributed by atoms with Crippen molar-refractivity contribution in [2.75, 3.05) is 18.5 Å². The van der Waals surface area contributed by atoms with E-state index in [1.54, 1.807) is 6.20 Å². The zero-order chi connectivity index (χ0) is 13.8. The second-order valence-corrected chi connectivity index (χ2v) is 4.74. The van der Waals surface area contributed by atoms with Gasteiger partial charge in [0.15, 0.2) is 11.6 Å². The maximum absolute atomic E-state index is 5.72. The number of ether oxygens (including phenoxy) is 2. The lowest BCUT2D eigenvalue weighted by molar-refractivity contribution is 0.316. The summed E-state index contributed by atoms with van der Waals surface area (Å²) in [6.07, 6.45) is 2.74. The van der Waals surface area contributed by atoms with Crippen LogP contribution in [0.3, 0.4) is 0 Å². The van der Waals surface area contributed by atoms with Crippen molar-refractivity contribution in [3.05, 3.63) is 48.2 Å². The molecule has 0 saturated heterocycles. The van der Waals surface area contributed by atoms with Crippen molar-refractivity contribution >= 4 is 5.82 Å². The average molecular weight is 270 g/mol. The van der Waals surface area contributed by atoms with E-state index in [4.69, 9.17) is 9.47 Å². The van der Waals surface area contributed by atoms with Crippen LogP contribution in [0.4, 0.5) is 5.82 Å². The van der Waals surface area contributed by atoms with Gasteiger partial charge in [0.05, 0.1) is 12.6 Å². The minimum Gasteiger partial charge on any atom is -0.491 e. The summed E-state index contributed by atoms with van der Waals surface area (Å²) in [5, 5.41) is 3.41. The van der Waals surface area contributed by atoms with Crippen molar-refractivity contribution in [1.82, 2.24) is 4.98 Å². The Hall–Kier alpha value is -2.23. The molecule has 4 heteroatoms. The number of benzene rings is 1. The summed E-state index contributed by atoms with van der Waals surface area (Å²) < 4.78 is 11.4. The second-order valence-electron chi connectivity index (χ2n) is 4.74. The smallest absolute Gasteiger partial charge is 0.169 e. The molecule has 0 spiro atoms. The van der Waals surface area contributed by atoms with Crippen LogP contribution in [0, 0.1) is 0 Å². The number of para-hydroxylation sites is 1.